The number of hydrogen-bond acceptors (Lipinski definition) is 3. The number of hydrogen-bond donors (Lipinski definition) is 3. The number of ether oxygens (including phenoxy) is 1. The van der Waals surface area contributed by atoms with E-state index < -0.39 is 5.82 Å². The molecule has 0 saturated heterocycles. The van der Waals surface area contributed by atoms with Gasteiger partial charge >= 0.3 is 0 Å². The zero-order valence-corrected chi connectivity index (χ0v) is 17.1. The van der Waals surface area contributed by atoms with Gasteiger partial charge in [-0.3, -0.25) is 0 Å². The van der Waals surface area contributed by atoms with Crippen molar-refractivity contribution in [1.29, 1.82) is 0 Å². The van der Waals surface area contributed by atoms with Crippen LogP contribution in [0.15, 0.2) is 41.4 Å². The van der Waals surface area contributed by atoms with Gasteiger partial charge in [0.2, 0.25) is 0 Å². The highest BCUT2D eigenvalue weighted by molar-refractivity contribution is 5.79. The lowest BCUT2D eigenvalue weighted by Crippen LogP contribution is -2.36. The van der Waals surface area contributed by atoms with E-state index in [2.05, 4.69) is 27.8 Å². The maximum atomic E-state index is 13.5. The molecule has 28 heavy (non-hydrogen) atoms. The molecule has 0 aliphatic carbocycles. The third-order valence-electron chi connectivity index (χ3n) is 4.08. The molecular formula is C22H30FN3O2. The number of nitrogens with one attached hydrogen (secondary N) is 2. The van der Waals surface area contributed by atoms with Crippen molar-refractivity contribution in [1.82, 2.24) is 10.6 Å². The lowest BCUT2D eigenvalue weighted by Gasteiger charge is -2.17. The summed E-state index contributed by atoms with van der Waals surface area (Å²) in [5, 5.41) is 15.7. The molecule has 0 aliphatic heterocycles. The van der Waals surface area contributed by atoms with Crippen molar-refractivity contribution >= 4 is 5.96 Å². The fourth-order valence-corrected chi connectivity index (χ4v) is 2.71. The van der Waals surface area contributed by atoms with Gasteiger partial charge in [-0.15, -0.1) is 0 Å². The minimum atomic E-state index is -0.405. The smallest absolute Gasteiger partial charge is 0.191 e. The van der Waals surface area contributed by atoms with E-state index in [1.807, 2.05) is 33.8 Å². The van der Waals surface area contributed by atoms with Gasteiger partial charge < -0.3 is 20.5 Å². The van der Waals surface area contributed by atoms with Gasteiger partial charge in [0, 0.05) is 24.2 Å². The first-order chi connectivity index (χ1) is 13.4. The average molecular weight is 387 g/mol. The summed E-state index contributed by atoms with van der Waals surface area (Å²) in [7, 11) is 0. The normalized spacial score (nSPS) is 11.6. The molecule has 0 radical (unpaired) electrons. The molecule has 0 fully saturated rings. The summed E-state index contributed by atoms with van der Waals surface area (Å²) < 4.78 is 19.4. The van der Waals surface area contributed by atoms with Crippen molar-refractivity contribution in [3.05, 3.63) is 64.5 Å². The molecule has 6 heteroatoms. The molecule has 5 nitrogen and oxygen atoms in total. The highest BCUT2D eigenvalue weighted by Gasteiger charge is 2.08. The monoisotopic (exact) mass is 387 g/mol. The fraction of sp³-hybridized carbons (Fsp3) is 0.409. The first kappa shape index (κ1) is 21.7. The van der Waals surface area contributed by atoms with E-state index in [0.717, 1.165) is 29.0 Å². The van der Waals surface area contributed by atoms with Crippen LogP contribution in [-0.4, -0.2) is 23.7 Å². The third-order valence-corrected chi connectivity index (χ3v) is 4.08. The Morgan fingerprint density at radius 1 is 1.14 bits per heavy atom. The molecule has 2 aromatic rings. The van der Waals surface area contributed by atoms with E-state index in [-0.39, 0.29) is 18.3 Å². The second-order valence-electron chi connectivity index (χ2n) is 6.91. The van der Waals surface area contributed by atoms with Crippen LogP contribution in [0.1, 0.15) is 43.0 Å². The van der Waals surface area contributed by atoms with Crippen molar-refractivity contribution in [2.45, 2.75) is 53.5 Å². The number of benzene rings is 2. The minimum absolute atomic E-state index is 0.0988. The molecule has 152 valence electrons. The third kappa shape index (κ3) is 6.53. The van der Waals surface area contributed by atoms with Gasteiger partial charge in [-0.2, -0.15) is 0 Å². The molecule has 0 saturated carbocycles. The highest BCUT2D eigenvalue weighted by Crippen LogP contribution is 2.21. The Labute approximate surface area is 166 Å². The molecule has 0 aromatic heterocycles. The second-order valence-corrected chi connectivity index (χ2v) is 6.91. The molecule has 0 amide bonds. The molecule has 0 spiro atoms. The van der Waals surface area contributed by atoms with Gasteiger partial charge in [-0.05, 0) is 57.0 Å². The highest BCUT2D eigenvalue weighted by atomic mass is 19.1. The summed E-state index contributed by atoms with van der Waals surface area (Å²) in [5.41, 5.74) is 3.31. The summed E-state index contributed by atoms with van der Waals surface area (Å²) in [5.74, 6) is 1.12. The molecule has 2 aromatic carbocycles. The van der Waals surface area contributed by atoms with Crippen molar-refractivity contribution in [2.75, 3.05) is 6.54 Å². The summed E-state index contributed by atoms with van der Waals surface area (Å²) in [6, 6.07) is 10.8. The van der Waals surface area contributed by atoms with E-state index >= 15 is 0 Å². The molecule has 0 bridgehead atoms. The molecule has 3 N–H and O–H groups in total. The van der Waals surface area contributed by atoms with Gasteiger partial charge in [0.05, 0.1) is 19.3 Å². The van der Waals surface area contributed by atoms with Crippen LogP contribution in [0.3, 0.4) is 0 Å². The quantitative estimate of drug-likeness (QED) is 0.478. The van der Waals surface area contributed by atoms with E-state index in [0.29, 0.717) is 19.0 Å². The van der Waals surface area contributed by atoms with E-state index in [1.54, 1.807) is 12.1 Å². The maximum absolute atomic E-state index is 13.5. The minimum Gasteiger partial charge on any atom is -0.491 e. The largest absolute Gasteiger partial charge is 0.491 e. The van der Waals surface area contributed by atoms with Crippen molar-refractivity contribution in [3.63, 3.8) is 0 Å². The van der Waals surface area contributed by atoms with E-state index in [1.165, 1.54) is 6.07 Å². The van der Waals surface area contributed by atoms with Crippen LogP contribution in [0.2, 0.25) is 0 Å². The number of guanidine groups is 1. The van der Waals surface area contributed by atoms with Crippen molar-refractivity contribution < 1.29 is 14.2 Å². The Morgan fingerprint density at radius 3 is 2.61 bits per heavy atom. The zero-order chi connectivity index (χ0) is 20.5. The number of aryl methyl sites for hydroxylation is 1. The number of rotatable bonds is 8. The van der Waals surface area contributed by atoms with Crippen LogP contribution >= 0.6 is 0 Å². The summed E-state index contributed by atoms with van der Waals surface area (Å²) in [6.45, 7) is 9.40. The molecule has 0 aliphatic rings. The molecule has 0 heterocycles. The Balaban J connectivity index is 2.10. The van der Waals surface area contributed by atoms with Crippen molar-refractivity contribution in [3.8, 4) is 5.75 Å². The van der Waals surface area contributed by atoms with Crippen molar-refractivity contribution in [2.24, 2.45) is 4.99 Å². The van der Waals surface area contributed by atoms with Crippen LogP contribution in [0.4, 0.5) is 4.39 Å². The Kier molecular flexibility index (Phi) is 8.26. The number of aliphatic imine (C=N–C) groups is 1. The van der Waals surface area contributed by atoms with Crippen LogP contribution in [0.25, 0.3) is 0 Å². The Bertz CT molecular complexity index is 806. The van der Waals surface area contributed by atoms with Crippen LogP contribution in [0, 0.1) is 12.7 Å². The van der Waals surface area contributed by atoms with E-state index in [9.17, 15) is 9.50 Å². The number of aliphatic hydroxyl groups is 1. The first-order valence-corrected chi connectivity index (χ1v) is 9.59. The predicted molar refractivity (Wildman–Crippen MR) is 111 cm³/mol. The zero-order valence-electron chi connectivity index (χ0n) is 17.1. The number of aliphatic hydroxyl groups excluding tert-OH is 1. The summed E-state index contributed by atoms with van der Waals surface area (Å²) >= 11 is 0. The average Bonchev–Trinajstić information content (AvgIpc) is 2.65. The number of halogens is 1. The maximum Gasteiger partial charge on any atom is 0.191 e. The van der Waals surface area contributed by atoms with Crippen LogP contribution in [-0.2, 0) is 19.7 Å². The molecule has 0 atom stereocenters. The standard InChI is InChI=1S/C22H30FN3O2/c1-5-24-22(25-12-17-7-9-20(23)19(11-17)14-27)26-13-18-8-6-16(4)10-21(18)28-15(2)3/h6-11,15,27H,5,12-14H2,1-4H3,(H2,24,25,26). The molecule has 0 unspecified atom stereocenters. The predicted octanol–water partition coefficient (Wildman–Crippen LogP) is 3.67. The topological polar surface area (TPSA) is 65.9 Å². The van der Waals surface area contributed by atoms with Gasteiger partial charge in [0.1, 0.15) is 11.6 Å². The van der Waals surface area contributed by atoms with Crippen LogP contribution in [0.5, 0.6) is 5.75 Å². The summed E-state index contributed by atoms with van der Waals surface area (Å²) in [4.78, 5) is 4.56. The van der Waals surface area contributed by atoms with Crippen LogP contribution < -0.4 is 15.4 Å². The van der Waals surface area contributed by atoms with E-state index in [4.69, 9.17) is 4.74 Å². The first-order valence-electron chi connectivity index (χ1n) is 9.59. The van der Waals surface area contributed by atoms with Gasteiger partial charge in [-0.1, -0.05) is 18.2 Å². The second kappa shape index (κ2) is 10.7. The van der Waals surface area contributed by atoms with Gasteiger partial charge in [0.15, 0.2) is 5.96 Å². The lowest BCUT2D eigenvalue weighted by molar-refractivity contribution is 0.239. The Morgan fingerprint density at radius 2 is 1.93 bits per heavy atom. The SMILES string of the molecule is CCNC(=NCc1ccc(F)c(CO)c1)NCc1ccc(C)cc1OC(C)C. The molecule has 2 rings (SSSR count). The number of nitrogens with zero attached hydrogens (tertiary/aromatic N) is 1. The van der Waals surface area contributed by atoms with Gasteiger partial charge in [0.25, 0.3) is 0 Å². The lowest BCUT2D eigenvalue weighted by atomic mass is 10.1. The molecular weight excluding hydrogens is 357 g/mol. The van der Waals surface area contributed by atoms with Gasteiger partial charge in [-0.25, -0.2) is 9.38 Å². The summed E-state index contributed by atoms with van der Waals surface area (Å²) in [6.07, 6.45) is 0.0988. The Hall–Kier alpha value is -2.60. The fourth-order valence-electron chi connectivity index (χ4n) is 2.71.